The summed E-state index contributed by atoms with van der Waals surface area (Å²) in [7, 11) is 0. The highest BCUT2D eigenvalue weighted by Crippen LogP contribution is 2.22. The summed E-state index contributed by atoms with van der Waals surface area (Å²) in [4.78, 5) is 12.2. The minimum absolute atomic E-state index is 0.109. The molecule has 1 N–H and O–H groups in total. The zero-order valence-corrected chi connectivity index (χ0v) is 13.6. The van der Waals surface area contributed by atoms with Crippen molar-refractivity contribution >= 4 is 29.3 Å². The molecule has 122 valence electrons. The van der Waals surface area contributed by atoms with Crippen molar-refractivity contribution in [1.29, 1.82) is 5.26 Å². The number of halogens is 2. The Labute approximate surface area is 144 Å². The van der Waals surface area contributed by atoms with Crippen LogP contribution in [0.2, 0.25) is 5.02 Å². The van der Waals surface area contributed by atoms with Gasteiger partial charge >= 0.3 is 0 Å². The summed E-state index contributed by atoms with van der Waals surface area (Å²) in [5.41, 5.74) is 0.802. The van der Waals surface area contributed by atoms with E-state index in [0.717, 1.165) is 6.07 Å². The Hall–Kier alpha value is -2.84. The van der Waals surface area contributed by atoms with Crippen LogP contribution in [-0.2, 0) is 4.79 Å². The maximum Gasteiger partial charge on any atom is 0.266 e. The first-order valence-corrected chi connectivity index (χ1v) is 7.53. The van der Waals surface area contributed by atoms with Gasteiger partial charge in [0.05, 0.1) is 11.6 Å². The molecule has 2 rings (SSSR count). The third kappa shape index (κ3) is 4.34. The number of ether oxygens (including phenoxy) is 1. The van der Waals surface area contributed by atoms with E-state index in [1.807, 2.05) is 13.0 Å². The maximum absolute atomic E-state index is 13.1. The van der Waals surface area contributed by atoms with Crippen molar-refractivity contribution in [3.63, 3.8) is 0 Å². The lowest BCUT2D eigenvalue weighted by atomic mass is 10.1. The molecule has 0 saturated carbocycles. The van der Waals surface area contributed by atoms with Gasteiger partial charge in [0, 0.05) is 11.3 Å². The van der Waals surface area contributed by atoms with Crippen molar-refractivity contribution < 1.29 is 13.9 Å². The van der Waals surface area contributed by atoms with E-state index in [-0.39, 0.29) is 10.6 Å². The van der Waals surface area contributed by atoms with Crippen LogP contribution in [0, 0.1) is 17.1 Å². The van der Waals surface area contributed by atoms with Gasteiger partial charge in [-0.3, -0.25) is 4.79 Å². The summed E-state index contributed by atoms with van der Waals surface area (Å²) in [6, 6.07) is 12.7. The number of benzene rings is 2. The number of hydrogen-bond acceptors (Lipinski definition) is 3. The molecular formula is C18H14ClFN2O2. The summed E-state index contributed by atoms with van der Waals surface area (Å²) in [6.45, 7) is 2.31. The zero-order valence-electron chi connectivity index (χ0n) is 12.8. The standard InChI is InChI=1S/C18H14ClFN2O2/c1-2-24-17-6-4-3-5-12(17)9-13(11-21)18(23)22-14-7-8-16(20)15(19)10-14/h3-10H,2H2,1H3,(H,22,23)/b13-9+. The molecule has 0 radical (unpaired) electrons. The molecule has 0 bridgehead atoms. The van der Waals surface area contributed by atoms with Crippen molar-refractivity contribution in [2.45, 2.75) is 6.92 Å². The lowest BCUT2D eigenvalue weighted by Crippen LogP contribution is -2.13. The number of nitrogens with one attached hydrogen (secondary N) is 1. The predicted molar refractivity (Wildman–Crippen MR) is 91.2 cm³/mol. The maximum atomic E-state index is 13.1. The van der Waals surface area contributed by atoms with E-state index < -0.39 is 11.7 Å². The third-order valence-corrected chi connectivity index (χ3v) is 3.35. The normalized spacial score (nSPS) is 10.8. The van der Waals surface area contributed by atoms with Crippen molar-refractivity contribution in [3.8, 4) is 11.8 Å². The number of carbonyl (C=O) groups is 1. The first kappa shape index (κ1) is 17.5. The lowest BCUT2D eigenvalue weighted by molar-refractivity contribution is -0.112. The second-order valence-electron chi connectivity index (χ2n) is 4.72. The highest BCUT2D eigenvalue weighted by atomic mass is 35.5. The molecule has 0 atom stereocenters. The SMILES string of the molecule is CCOc1ccccc1/C=C(\C#N)C(=O)Nc1ccc(F)c(Cl)c1. The molecule has 1 amide bonds. The number of anilines is 1. The Morgan fingerprint density at radius 1 is 1.38 bits per heavy atom. The molecule has 0 aliphatic carbocycles. The monoisotopic (exact) mass is 344 g/mol. The smallest absolute Gasteiger partial charge is 0.266 e. The summed E-state index contributed by atoms with van der Waals surface area (Å²) in [6.07, 6.45) is 1.44. The van der Waals surface area contributed by atoms with E-state index in [4.69, 9.17) is 16.3 Å². The van der Waals surface area contributed by atoms with Crippen LogP contribution in [0.15, 0.2) is 48.0 Å². The van der Waals surface area contributed by atoms with Gasteiger partial charge in [0.2, 0.25) is 0 Å². The lowest BCUT2D eigenvalue weighted by Gasteiger charge is -2.08. The molecule has 0 aliphatic rings. The average Bonchev–Trinajstić information content (AvgIpc) is 2.57. The van der Waals surface area contributed by atoms with Gasteiger partial charge in [0.15, 0.2) is 0 Å². The van der Waals surface area contributed by atoms with Crippen molar-refractivity contribution in [3.05, 3.63) is 64.4 Å². The van der Waals surface area contributed by atoms with Crippen LogP contribution < -0.4 is 10.1 Å². The fourth-order valence-corrected chi connectivity index (χ4v) is 2.14. The fraction of sp³-hybridized carbons (Fsp3) is 0.111. The molecule has 0 aromatic heterocycles. The van der Waals surface area contributed by atoms with E-state index in [2.05, 4.69) is 5.32 Å². The third-order valence-electron chi connectivity index (χ3n) is 3.06. The Bertz CT molecular complexity index is 828. The number of hydrogen-bond donors (Lipinski definition) is 1. The largest absolute Gasteiger partial charge is 0.493 e. The molecule has 0 spiro atoms. The van der Waals surface area contributed by atoms with Gasteiger partial charge in [0.25, 0.3) is 5.91 Å². The van der Waals surface area contributed by atoms with Crippen LogP contribution in [-0.4, -0.2) is 12.5 Å². The van der Waals surface area contributed by atoms with Crippen LogP contribution in [0.4, 0.5) is 10.1 Å². The molecule has 0 saturated heterocycles. The minimum Gasteiger partial charge on any atom is -0.493 e. The van der Waals surface area contributed by atoms with E-state index in [0.29, 0.717) is 23.6 Å². The van der Waals surface area contributed by atoms with Gasteiger partial charge in [0.1, 0.15) is 23.2 Å². The number of rotatable bonds is 5. The highest BCUT2D eigenvalue weighted by Gasteiger charge is 2.12. The molecule has 0 fully saturated rings. The van der Waals surface area contributed by atoms with E-state index in [1.165, 1.54) is 18.2 Å². The first-order chi connectivity index (χ1) is 11.5. The number of nitriles is 1. The van der Waals surface area contributed by atoms with Gasteiger partial charge in [-0.1, -0.05) is 29.8 Å². The number of nitrogens with zero attached hydrogens (tertiary/aromatic N) is 1. The molecule has 2 aromatic rings. The van der Waals surface area contributed by atoms with Crippen LogP contribution in [0.25, 0.3) is 6.08 Å². The molecular weight excluding hydrogens is 331 g/mol. The van der Waals surface area contributed by atoms with Crippen molar-refractivity contribution in [2.75, 3.05) is 11.9 Å². The number of amides is 1. The van der Waals surface area contributed by atoms with Crippen LogP contribution in [0.1, 0.15) is 12.5 Å². The Balaban J connectivity index is 2.26. The fourth-order valence-electron chi connectivity index (χ4n) is 1.96. The topological polar surface area (TPSA) is 62.1 Å². The van der Waals surface area contributed by atoms with Gasteiger partial charge in [-0.15, -0.1) is 0 Å². The molecule has 0 unspecified atom stereocenters. The molecule has 4 nitrogen and oxygen atoms in total. The van der Waals surface area contributed by atoms with Crippen molar-refractivity contribution in [1.82, 2.24) is 0 Å². The highest BCUT2D eigenvalue weighted by molar-refractivity contribution is 6.31. The Morgan fingerprint density at radius 2 is 2.12 bits per heavy atom. The Kier molecular flexibility index (Phi) is 5.94. The van der Waals surface area contributed by atoms with Crippen LogP contribution in [0.3, 0.4) is 0 Å². The van der Waals surface area contributed by atoms with Crippen molar-refractivity contribution in [2.24, 2.45) is 0 Å². The average molecular weight is 345 g/mol. The second-order valence-corrected chi connectivity index (χ2v) is 5.13. The van der Waals surface area contributed by atoms with Crippen LogP contribution >= 0.6 is 11.6 Å². The predicted octanol–water partition coefficient (Wildman–Crippen LogP) is 4.42. The Morgan fingerprint density at radius 3 is 2.79 bits per heavy atom. The molecule has 6 heteroatoms. The molecule has 0 heterocycles. The van der Waals surface area contributed by atoms with E-state index in [9.17, 15) is 14.4 Å². The molecule has 24 heavy (non-hydrogen) atoms. The van der Waals surface area contributed by atoms with Gasteiger partial charge < -0.3 is 10.1 Å². The number of para-hydroxylation sites is 1. The second kappa shape index (κ2) is 8.14. The summed E-state index contributed by atoms with van der Waals surface area (Å²) in [5, 5.41) is 11.6. The van der Waals surface area contributed by atoms with Crippen LogP contribution in [0.5, 0.6) is 5.75 Å². The van der Waals surface area contributed by atoms with Gasteiger partial charge in [-0.05, 0) is 37.3 Å². The summed E-state index contributed by atoms with van der Waals surface area (Å²) >= 11 is 5.67. The number of carbonyl (C=O) groups excluding carboxylic acids is 1. The van der Waals surface area contributed by atoms with Gasteiger partial charge in [-0.2, -0.15) is 5.26 Å². The van der Waals surface area contributed by atoms with Gasteiger partial charge in [-0.25, -0.2) is 4.39 Å². The molecule has 2 aromatic carbocycles. The van der Waals surface area contributed by atoms with E-state index >= 15 is 0 Å². The minimum atomic E-state index is -0.619. The van der Waals surface area contributed by atoms with E-state index in [1.54, 1.807) is 24.3 Å². The summed E-state index contributed by atoms with van der Waals surface area (Å²) < 4.78 is 18.6. The molecule has 0 aliphatic heterocycles. The zero-order chi connectivity index (χ0) is 17.5. The first-order valence-electron chi connectivity index (χ1n) is 7.15. The quantitative estimate of drug-likeness (QED) is 0.645. The summed E-state index contributed by atoms with van der Waals surface area (Å²) in [5.74, 6) is -0.631.